The van der Waals surface area contributed by atoms with Crippen LogP contribution in [0.25, 0.3) is 0 Å². The van der Waals surface area contributed by atoms with Gasteiger partial charge in [0.1, 0.15) is 5.75 Å². The van der Waals surface area contributed by atoms with E-state index in [1.165, 1.54) is 0 Å². The van der Waals surface area contributed by atoms with Crippen molar-refractivity contribution < 1.29 is 9.53 Å². The minimum Gasteiger partial charge on any atom is -0.497 e. The molecule has 104 valence electrons. The van der Waals surface area contributed by atoms with Gasteiger partial charge in [0.25, 0.3) is 0 Å². The van der Waals surface area contributed by atoms with Crippen molar-refractivity contribution in [3.63, 3.8) is 0 Å². The molecule has 0 spiro atoms. The van der Waals surface area contributed by atoms with Gasteiger partial charge in [0.15, 0.2) is 0 Å². The molecule has 1 saturated heterocycles. The maximum absolute atomic E-state index is 12.2. The highest BCUT2D eigenvalue weighted by Gasteiger charge is 2.25. The second-order valence-corrected chi connectivity index (χ2v) is 4.59. The summed E-state index contributed by atoms with van der Waals surface area (Å²) in [7, 11) is 1.62. The van der Waals surface area contributed by atoms with Gasteiger partial charge in [-0.25, -0.2) is 4.79 Å². The van der Waals surface area contributed by atoms with Gasteiger partial charge >= 0.3 is 6.03 Å². The highest BCUT2D eigenvalue weighted by Crippen LogP contribution is 2.16. The van der Waals surface area contributed by atoms with Crippen molar-refractivity contribution in [1.82, 2.24) is 10.2 Å². The molecule has 1 fully saturated rings. The van der Waals surface area contributed by atoms with Crippen LogP contribution in [0.5, 0.6) is 5.75 Å². The molecule has 0 aromatic heterocycles. The summed E-state index contributed by atoms with van der Waals surface area (Å²) in [5, 5.41) is 6.21. The first-order chi connectivity index (χ1) is 9.24. The fraction of sp³-hybridized carbons (Fsp3) is 0.500. The normalized spacial score (nSPS) is 18.1. The van der Waals surface area contributed by atoms with Crippen LogP contribution in [-0.4, -0.2) is 43.7 Å². The number of urea groups is 1. The van der Waals surface area contributed by atoms with E-state index >= 15 is 0 Å². The number of amides is 2. The molecule has 5 nitrogen and oxygen atoms in total. The van der Waals surface area contributed by atoms with Gasteiger partial charge in [-0.2, -0.15) is 0 Å². The van der Waals surface area contributed by atoms with E-state index < -0.39 is 0 Å². The smallest absolute Gasteiger partial charge is 0.322 e. The van der Waals surface area contributed by atoms with Gasteiger partial charge in [-0.1, -0.05) is 0 Å². The van der Waals surface area contributed by atoms with Crippen LogP contribution in [-0.2, 0) is 0 Å². The molecule has 0 bridgehead atoms. The summed E-state index contributed by atoms with van der Waals surface area (Å²) in [5.74, 6) is 0.783. The molecule has 1 aliphatic rings. The van der Waals surface area contributed by atoms with E-state index in [0.717, 1.165) is 30.9 Å². The van der Waals surface area contributed by atoms with Crippen molar-refractivity contribution in [3.8, 4) is 5.75 Å². The topological polar surface area (TPSA) is 53.6 Å². The number of likely N-dealkylation sites (N-methyl/N-ethyl adjacent to an activating group) is 1. The number of hydrogen-bond acceptors (Lipinski definition) is 3. The summed E-state index contributed by atoms with van der Waals surface area (Å²) in [4.78, 5) is 14.1. The monoisotopic (exact) mass is 263 g/mol. The van der Waals surface area contributed by atoms with E-state index in [4.69, 9.17) is 4.74 Å². The van der Waals surface area contributed by atoms with Crippen LogP contribution in [0, 0.1) is 0 Å². The number of ether oxygens (including phenoxy) is 1. The number of benzene rings is 1. The Balaban J connectivity index is 1.97. The van der Waals surface area contributed by atoms with Crippen LogP contribution >= 0.6 is 0 Å². The summed E-state index contributed by atoms with van der Waals surface area (Å²) in [6, 6.07) is 7.62. The van der Waals surface area contributed by atoms with Crippen LogP contribution in [0.1, 0.15) is 13.3 Å². The molecule has 2 amide bonds. The van der Waals surface area contributed by atoms with Gasteiger partial charge in [0, 0.05) is 24.8 Å². The van der Waals surface area contributed by atoms with Gasteiger partial charge in [-0.15, -0.1) is 0 Å². The number of carbonyl (C=O) groups is 1. The van der Waals surface area contributed by atoms with Gasteiger partial charge in [-0.05, 0) is 44.2 Å². The van der Waals surface area contributed by atoms with Crippen LogP contribution in [0.3, 0.4) is 0 Å². The van der Waals surface area contributed by atoms with Gasteiger partial charge in [0.2, 0.25) is 0 Å². The van der Waals surface area contributed by atoms with E-state index in [2.05, 4.69) is 10.6 Å². The van der Waals surface area contributed by atoms with Crippen molar-refractivity contribution >= 4 is 11.7 Å². The van der Waals surface area contributed by atoms with Crippen molar-refractivity contribution in [1.29, 1.82) is 0 Å². The zero-order valence-corrected chi connectivity index (χ0v) is 11.5. The Morgan fingerprint density at radius 1 is 1.47 bits per heavy atom. The highest BCUT2D eigenvalue weighted by atomic mass is 16.5. The summed E-state index contributed by atoms with van der Waals surface area (Å²) in [6.07, 6.45) is 1.02. The summed E-state index contributed by atoms with van der Waals surface area (Å²) in [5.41, 5.74) is 0.787. The van der Waals surface area contributed by atoms with Gasteiger partial charge in [-0.3, -0.25) is 0 Å². The van der Waals surface area contributed by atoms with Crippen LogP contribution in [0.4, 0.5) is 10.5 Å². The lowest BCUT2D eigenvalue weighted by molar-refractivity contribution is 0.196. The number of anilines is 1. The fourth-order valence-corrected chi connectivity index (χ4v) is 2.34. The van der Waals surface area contributed by atoms with Crippen LogP contribution in [0.2, 0.25) is 0 Å². The molecular weight excluding hydrogens is 242 g/mol. The summed E-state index contributed by atoms with van der Waals surface area (Å²) < 4.78 is 5.09. The minimum atomic E-state index is -0.0404. The molecule has 0 aliphatic carbocycles. The number of nitrogens with one attached hydrogen (secondary N) is 2. The van der Waals surface area contributed by atoms with Crippen molar-refractivity contribution in [2.45, 2.75) is 19.4 Å². The maximum Gasteiger partial charge on any atom is 0.322 e. The predicted octanol–water partition coefficient (Wildman–Crippen LogP) is 1.91. The van der Waals surface area contributed by atoms with Crippen LogP contribution < -0.4 is 15.4 Å². The Morgan fingerprint density at radius 2 is 2.21 bits per heavy atom. The zero-order valence-electron chi connectivity index (χ0n) is 11.5. The van der Waals surface area contributed by atoms with Gasteiger partial charge in [0.05, 0.1) is 7.11 Å². The number of nitrogens with zero attached hydrogens (tertiary/aromatic N) is 1. The van der Waals surface area contributed by atoms with E-state index in [1.54, 1.807) is 7.11 Å². The first-order valence-electron chi connectivity index (χ1n) is 6.67. The highest BCUT2D eigenvalue weighted by molar-refractivity contribution is 5.89. The molecule has 1 atom stereocenters. The lowest BCUT2D eigenvalue weighted by atomic mass is 10.2. The second kappa shape index (κ2) is 6.43. The van der Waals surface area contributed by atoms with Crippen LogP contribution in [0.15, 0.2) is 24.3 Å². The fourth-order valence-electron chi connectivity index (χ4n) is 2.34. The Kier molecular flexibility index (Phi) is 4.63. The second-order valence-electron chi connectivity index (χ2n) is 4.59. The number of hydrogen-bond donors (Lipinski definition) is 2. The molecule has 19 heavy (non-hydrogen) atoms. The zero-order chi connectivity index (χ0) is 13.7. The number of carbonyl (C=O) groups excluding carboxylic acids is 1. The molecule has 1 heterocycles. The first kappa shape index (κ1) is 13.7. The van der Waals surface area contributed by atoms with E-state index in [-0.39, 0.29) is 6.03 Å². The quantitative estimate of drug-likeness (QED) is 0.872. The van der Waals surface area contributed by atoms with Crippen molar-refractivity contribution in [3.05, 3.63) is 24.3 Å². The van der Waals surface area contributed by atoms with Crippen molar-refractivity contribution in [2.75, 3.05) is 32.1 Å². The maximum atomic E-state index is 12.2. The minimum absolute atomic E-state index is 0.0404. The molecule has 1 aliphatic heterocycles. The molecule has 2 rings (SSSR count). The molecule has 5 heteroatoms. The largest absolute Gasteiger partial charge is 0.497 e. The molecule has 1 aromatic rings. The van der Waals surface area contributed by atoms with Gasteiger partial charge < -0.3 is 20.3 Å². The number of rotatable bonds is 4. The molecule has 1 unspecified atom stereocenters. The average molecular weight is 263 g/mol. The molecule has 2 N–H and O–H groups in total. The Hall–Kier alpha value is -1.75. The predicted molar refractivity (Wildman–Crippen MR) is 75.7 cm³/mol. The van der Waals surface area contributed by atoms with Crippen molar-refractivity contribution in [2.24, 2.45) is 0 Å². The van der Waals surface area contributed by atoms with E-state index in [1.807, 2.05) is 36.1 Å². The standard InChI is InChI=1S/C14H21N3O2/c1-3-17(12-8-9-15-10-12)14(18)16-11-4-6-13(19-2)7-5-11/h4-7,12,15H,3,8-10H2,1-2H3,(H,16,18). The third kappa shape index (κ3) is 3.38. The third-order valence-electron chi connectivity index (χ3n) is 3.42. The summed E-state index contributed by atoms with van der Waals surface area (Å²) >= 11 is 0. The molecule has 0 radical (unpaired) electrons. The molecule has 0 saturated carbocycles. The number of methoxy groups -OCH3 is 1. The average Bonchev–Trinajstić information content (AvgIpc) is 2.94. The lowest BCUT2D eigenvalue weighted by Crippen LogP contribution is -2.43. The Morgan fingerprint density at radius 3 is 2.74 bits per heavy atom. The lowest BCUT2D eigenvalue weighted by Gasteiger charge is -2.27. The third-order valence-corrected chi connectivity index (χ3v) is 3.42. The summed E-state index contributed by atoms with van der Waals surface area (Å²) in [6.45, 7) is 4.58. The first-order valence-corrected chi connectivity index (χ1v) is 6.67. The SMILES string of the molecule is CCN(C(=O)Nc1ccc(OC)cc1)C1CCNC1. The van der Waals surface area contributed by atoms with E-state index in [9.17, 15) is 4.79 Å². The van der Waals surface area contributed by atoms with E-state index in [0.29, 0.717) is 12.6 Å². The Labute approximate surface area is 113 Å². The molecule has 1 aromatic carbocycles. The Bertz CT molecular complexity index is 413. The molecular formula is C14H21N3O2.